The van der Waals surface area contributed by atoms with Gasteiger partial charge in [-0.15, -0.1) is 4.99 Å². The number of nitrogens with two attached hydrogens (primary N) is 1. The van der Waals surface area contributed by atoms with Gasteiger partial charge >= 0.3 is 5.90 Å². The van der Waals surface area contributed by atoms with Gasteiger partial charge in [-0.2, -0.15) is 5.10 Å². The van der Waals surface area contributed by atoms with Crippen LogP contribution in [0.15, 0.2) is 48.1 Å². The minimum Gasteiger partial charge on any atom is -0.578 e. The third kappa shape index (κ3) is 3.03. The number of nitrogens with zero attached hydrogens (tertiary/aromatic N) is 5. The van der Waals surface area contributed by atoms with Crippen molar-refractivity contribution in [2.75, 3.05) is 5.73 Å². The van der Waals surface area contributed by atoms with E-state index in [0.29, 0.717) is 22.8 Å². The lowest BCUT2D eigenvalue weighted by atomic mass is 9.64. The third-order valence-corrected chi connectivity index (χ3v) is 4.91. The Morgan fingerprint density at radius 1 is 1.11 bits per heavy atom. The van der Waals surface area contributed by atoms with Crippen LogP contribution in [0.2, 0.25) is 0 Å². The molecule has 3 aromatic heterocycles. The molecule has 9 nitrogen and oxygen atoms in total. The molecule has 0 saturated heterocycles. The second-order valence-corrected chi connectivity index (χ2v) is 6.49. The Labute approximate surface area is 155 Å². The third-order valence-electron chi connectivity index (χ3n) is 4.91. The highest BCUT2D eigenvalue weighted by Crippen LogP contribution is 2.45. The smallest absolute Gasteiger partial charge is 0.369 e. The molecule has 0 radical (unpaired) electrons. The first-order valence-electron chi connectivity index (χ1n) is 8.51. The van der Waals surface area contributed by atoms with Gasteiger partial charge in [0.1, 0.15) is 22.9 Å². The second kappa shape index (κ2) is 6.60. The number of anilines is 1. The average Bonchev–Trinajstić information content (AvgIpc) is 3.17. The van der Waals surface area contributed by atoms with E-state index in [4.69, 9.17) is 16.2 Å². The van der Waals surface area contributed by atoms with Crippen LogP contribution in [0.5, 0.6) is 0 Å². The van der Waals surface area contributed by atoms with Gasteiger partial charge in [-0.25, -0.2) is 9.97 Å². The van der Waals surface area contributed by atoms with E-state index in [-0.39, 0.29) is 11.7 Å². The molecule has 4 rings (SSSR count). The van der Waals surface area contributed by atoms with E-state index >= 15 is 0 Å². The Kier molecular flexibility index (Phi) is 4.11. The van der Waals surface area contributed by atoms with Crippen molar-refractivity contribution in [1.29, 1.82) is 5.41 Å². The summed E-state index contributed by atoms with van der Waals surface area (Å²) in [5, 5.41) is 23.1. The Balaban J connectivity index is 1.61. The van der Waals surface area contributed by atoms with Gasteiger partial charge in [0, 0.05) is 12.4 Å². The van der Waals surface area contributed by atoms with E-state index in [1.807, 2.05) is 12.1 Å². The molecule has 0 aliphatic heterocycles. The van der Waals surface area contributed by atoms with Crippen molar-refractivity contribution in [2.24, 2.45) is 4.99 Å². The van der Waals surface area contributed by atoms with Gasteiger partial charge in [0.2, 0.25) is 0 Å². The molecule has 3 heterocycles. The molecule has 0 spiro atoms. The first kappa shape index (κ1) is 16.8. The zero-order chi connectivity index (χ0) is 18.9. The van der Waals surface area contributed by atoms with Gasteiger partial charge in [0.05, 0.1) is 29.7 Å². The highest BCUT2D eigenvalue weighted by Gasteiger charge is 2.44. The van der Waals surface area contributed by atoms with Crippen molar-refractivity contribution in [3.8, 4) is 11.4 Å². The number of aromatic amines is 1. The van der Waals surface area contributed by atoms with E-state index in [0.717, 1.165) is 24.8 Å². The summed E-state index contributed by atoms with van der Waals surface area (Å²) >= 11 is 0. The van der Waals surface area contributed by atoms with Crippen LogP contribution < -0.4 is 5.73 Å². The maximum atomic E-state index is 8.50. The number of nitrogens with one attached hydrogen (secondary N) is 2. The first-order chi connectivity index (χ1) is 13.1. The molecule has 0 aromatic carbocycles. The molecule has 1 aliphatic rings. The average molecular weight is 363 g/mol. The monoisotopic (exact) mass is 363 g/mol. The minimum atomic E-state index is -0.492. The molecule has 1 fully saturated rings. The quantitative estimate of drug-likeness (QED) is 0.363. The SMILES string of the molecule is N=C(N=C([OH2+])c1cn[nH]c1)C1(c2ccc(-c3cnc(N)cn3)nc2)CCC1. The van der Waals surface area contributed by atoms with E-state index < -0.39 is 5.41 Å². The molecular weight excluding hydrogens is 344 g/mol. The fraction of sp³-hybridized carbons (Fsp3) is 0.222. The zero-order valence-electron chi connectivity index (χ0n) is 14.5. The van der Waals surface area contributed by atoms with E-state index in [1.165, 1.54) is 12.4 Å². The molecule has 6 N–H and O–H groups in total. The van der Waals surface area contributed by atoms with Crippen molar-refractivity contribution in [2.45, 2.75) is 24.7 Å². The molecule has 1 aliphatic carbocycles. The van der Waals surface area contributed by atoms with Crippen molar-refractivity contribution in [3.63, 3.8) is 0 Å². The summed E-state index contributed by atoms with van der Waals surface area (Å²) in [7, 11) is 0. The maximum Gasteiger partial charge on any atom is 0.369 e. The number of aliphatic imine (C=N–C) groups is 1. The molecule has 136 valence electrons. The normalized spacial score (nSPS) is 15.9. The van der Waals surface area contributed by atoms with Crippen LogP contribution in [0.4, 0.5) is 5.82 Å². The minimum absolute atomic E-state index is 0.0294. The maximum absolute atomic E-state index is 8.50. The number of nitrogen functional groups attached to an aromatic ring is 1. The molecule has 9 heteroatoms. The van der Waals surface area contributed by atoms with E-state index in [1.54, 1.807) is 18.6 Å². The van der Waals surface area contributed by atoms with Gasteiger partial charge in [0.15, 0.2) is 0 Å². The summed E-state index contributed by atoms with van der Waals surface area (Å²) in [6.45, 7) is 0. The molecular formula is C18H19N8O+. The van der Waals surface area contributed by atoms with Crippen molar-refractivity contribution < 1.29 is 5.11 Å². The fourth-order valence-corrected chi connectivity index (χ4v) is 3.16. The molecule has 1 saturated carbocycles. The number of H-pyrrole nitrogens is 1. The lowest BCUT2D eigenvalue weighted by Crippen LogP contribution is -2.41. The first-order valence-corrected chi connectivity index (χ1v) is 8.51. The van der Waals surface area contributed by atoms with E-state index in [2.05, 4.69) is 30.1 Å². The van der Waals surface area contributed by atoms with E-state index in [9.17, 15) is 0 Å². The van der Waals surface area contributed by atoms with Gasteiger partial charge in [0.25, 0.3) is 0 Å². The Bertz CT molecular complexity index is 973. The Morgan fingerprint density at radius 2 is 1.93 bits per heavy atom. The van der Waals surface area contributed by atoms with Crippen molar-refractivity contribution in [3.05, 3.63) is 54.2 Å². The summed E-state index contributed by atoms with van der Waals surface area (Å²) in [6.07, 6.45) is 10.6. The summed E-state index contributed by atoms with van der Waals surface area (Å²) in [5.41, 5.74) is 7.89. The summed E-state index contributed by atoms with van der Waals surface area (Å²) in [5.74, 6) is 0.572. The zero-order valence-corrected chi connectivity index (χ0v) is 14.5. The Hall–Kier alpha value is -3.62. The van der Waals surface area contributed by atoms with Gasteiger partial charge in [-0.3, -0.25) is 15.5 Å². The predicted molar refractivity (Wildman–Crippen MR) is 102 cm³/mol. The number of rotatable bonds is 4. The van der Waals surface area contributed by atoms with Gasteiger partial charge < -0.3 is 10.8 Å². The van der Waals surface area contributed by atoms with Gasteiger partial charge in [-0.1, -0.05) is 12.5 Å². The van der Waals surface area contributed by atoms with Crippen LogP contribution >= 0.6 is 0 Å². The molecule has 0 bridgehead atoms. The summed E-state index contributed by atoms with van der Waals surface area (Å²) in [4.78, 5) is 17.0. The second-order valence-electron chi connectivity index (χ2n) is 6.49. The largest absolute Gasteiger partial charge is 0.578 e. The summed E-state index contributed by atoms with van der Waals surface area (Å²) in [6, 6.07) is 3.81. The summed E-state index contributed by atoms with van der Waals surface area (Å²) < 4.78 is 0. The van der Waals surface area contributed by atoms with Crippen molar-refractivity contribution in [1.82, 2.24) is 25.1 Å². The van der Waals surface area contributed by atoms with Crippen LogP contribution in [0.25, 0.3) is 11.4 Å². The predicted octanol–water partition coefficient (Wildman–Crippen LogP) is 1.41. The van der Waals surface area contributed by atoms with Crippen LogP contribution in [0.3, 0.4) is 0 Å². The lowest BCUT2D eigenvalue weighted by Gasteiger charge is -2.40. The molecule has 0 amide bonds. The van der Waals surface area contributed by atoms with Crippen LogP contribution in [0.1, 0.15) is 30.4 Å². The topological polar surface area (TPSA) is 152 Å². The number of pyridine rings is 1. The number of hydrogen-bond acceptors (Lipinski definition) is 6. The van der Waals surface area contributed by atoms with Crippen molar-refractivity contribution >= 4 is 17.6 Å². The van der Waals surface area contributed by atoms with Gasteiger partial charge in [-0.05, 0) is 24.5 Å². The van der Waals surface area contributed by atoms with Crippen LogP contribution in [-0.4, -0.2) is 42.0 Å². The molecule has 0 unspecified atom stereocenters. The molecule has 27 heavy (non-hydrogen) atoms. The number of aromatic nitrogens is 5. The number of hydrogen-bond donors (Lipinski definition) is 3. The number of amidine groups is 1. The standard InChI is InChI=1S/C18H18N8O/c19-15-10-22-14(9-23-15)13-3-2-12(8-21-13)18(4-1-5-18)17(20)26-16(27)11-6-24-25-7-11/h2-3,6-10H,1,4-5H2,(H2,19,23)(H,24,25)(H2,20,26,27)/p+1. The molecule has 3 aromatic rings. The van der Waals surface area contributed by atoms with Crippen LogP contribution in [-0.2, 0) is 5.41 Å². The fourth-order valence-electron chi connectivity index (χ4n) is 3.16. The highest BCUT2D eigenvalue weighted by atomic mass is 16.3. The molecule has 0 atom stereocenters. The lowest BCUT2D eigenvalue weighted by molar-refractivity contribution is 0.335. The van der Waals surface area contributed by atoms with Crippen LogP contribution in [0, 0.1) is 5.41 Å². The highest BCUT2D eigenvalue weighted by molar-refractivity contribution is 6.04. The Morgan fingerprint density at radius 3 is 2.48 bits per heavy atom.